The van der Waals surface area contributed by atoms with Gasteiger partial charge in [-0.3, -0.25) is 4.79 Å². The van der Waals surface area contributed by atoms with Crippen LogP contribution in [0.4, 0.5) is 0 Å². The summed E-state index contributed by atoms with van der Waals surface area (Å²) in [6.45, 7) is 0.905. The maximum atomic E-state index is 11.8. The SMILES string of the molecule is NC1CCCCC1N1CC(CBr)CC1=O. The van der Waals surface area contributed by atoms with Crippen LogP contribution in [0.5, 0.6) is 0 Å². The van der Waals surface area contributed by atoms with Crippen molar-refractivity contribution in [1.82, 2.24) is 4.90 Å². The van der Waals surface area contributed by atoms with Gasteiger partial charge in [0, 0.05) is 30.4 Å². The topological polar surface area (TPSA) is 46.3 Å². The molecule has 1 aliphatic carbocycles. The molecule has 0 aromatic heterocycles. The van der Waals surface area contributed by atoms with Gasteiger partial charge in [-0.15, -0.1) is 0 Å². The summed E-state index contributed by atoms with van der Waals surface area (Å²) in [7, 11) is 0. The molecule has 1 saturated carbocycles. The third kappa shape index (κ3) is 2.36. The molecule has 4 heteroatoms. The third-order valence-electron chi connectivity index (χ3n) is 3.64. The van der Waals surface area contributed by atoms with Crippen LogP contribution in [0.3, 0.4) is 0 Å². The number of hydrogen-bond acceptors (Lipinski definition) is 2. The molecule has 0 aromatic carbocycles. The Hall–Kier alpha value is -0.0900. The van der Waals surface area contributed by atoms with Crippen molar-refractivity contribution in [2.45, 2.75) is 44.2 Å². The van der Waals surface area contributed by atoms with Crippen LogP contribution in [0.1, 0.15) is 32.1 Å². The van der Waals surface area contributed by atoms with E-state index in [0.29, 0.717) is 24.3 Å². The van der Waals surface area contributed by atoms with Gasteiger partial charge in [0.1, 0.15) is 0 Å². The molecule has 15 heavy (non-hydrogen) atoms. The van der Waals surface area contributed by atoms with E-state index in [9.17, 15) is 4.79 Å². The van der Waals surface area contributed by atoms with Crippen molar-refractivity contribution in [3.63, 3.8) is 0 Å². The number of nitrogens with zero attached hydrogens (tertiary/aromatic N) is 1. The normalized spacial score (nSPS) is 37.3. The minimum absolute atomic E-state index is 0.205. The minimum Gasteiger partial charge on any atom is -0.338 e. The number of alkyl halides is 1. The molecule has 3 atom stereocenters. The average Bonchev–Trinajstić information content (AvgIpc) is 2.60. The van der Waals surface area contributed by atoms with Crippen molar-refractivity contribution in [3.8, 4) is 0 Å². The van der Waals surface area contributed by atoms with Crippen molar-refractivity contribution in [2.24, 2.45) is 11.7 Å². The molecular formula is C11H19BrN2O. The standard InChI is InChI=1S/C11H19BrN2O/c12-6-8-5-11(15)14(7-8)10-4-2-1-3-9(10)13/h8-10H,1-7,13H2. The summed E-state index contributed by atoms with van der Waals surface area (Å²) >= 11 is 3.46. The Kier molecular flexibility index (Phi) is 3.67. The molecule has 2 rings (SSSR count). The average molecular weight is 275 g/mol. The predicted octanol–water partition coefficient (Wildman–Crippen LogP) is 1.50. The fourth-order valence-electron chi connectivity index (χ4n) is 2.76. The second-order valence-corrected chi connectivity index (χ2v) is 5.43. The zero-order chi connectivity index (χ0) is 10.8. The molecule has 0 radical (unpaired) electrons. The van der Waals surface area contributed by atoms with E-state index in [1.165, 1.54) is 12.8 Å². The zero-order valence-corrected chi connectivity index (χ0v) is 10.6. The van der Waals surface area contributed by atoms with Crippen molar-refractivity contribution in [1.29, 1.82) is 0 Å². The number of amides is 1. The van der Waals surface area contributed by atoms with Gasteiger partial charge in [-0.05, 0) is 18.8 Å². The van der Waals surface area contributed by atoms with E-state index >= 15 is 0 Å². The molecule has 2 aliphatic rings. The van der Waals surface area contributed by atoms with Gasteiger partial charge in [-0.2, -0.15) is 0 Å². The molecule has 2 N–H and O–H groups in total. The molecule has 2 fully saturated rings. The molecule has 1 heterocycles. The van der Waals surface area contributed by atoms with Gasteiger partial charge in [0.05, 0.1) is 0 Å². The summed E-state index contributed by atoms with van der Waals surface area (Å²) in [6.07, 6.45) is 5.33. The first kappa shape index (κ1) is 11.4. The fraction of sp³-hybridized carbons (Fsp3) is 0.909. The Morgan fingerprint density at radius 2 is 2.13 bits per heavy atom. The van der Waals surface area contributed by atoms with E-state index in [0.717, 1.165) is 24.7 Å². The Bertz CT molecular complexity index is 247. The minimum atomic E-state index is 0.205. The lowest BCUT2D eigenvalue weighted by molar-refractivity contribution is -0.130. The maximum absolute atomic E-state index is 11.8. The molecule has 3 unspecified atom stereocenters. The number of nitrogens with two attached hydrogens (primary N) is 1. The maximum Gasteiger partial charge on any atom is 0.223 e. The van der Waals surface area contributed by atoms with Crippen LogP contribution in [0, 0.1) is 5.92 Å². The Morgan fingerprint density at radius 1 is 1.40 bits per heavy atom. The molecule has 3 nitrogen and oxygen atoms in total. The molecule has 1 amide bonds. The van der Waals surface area contributed by atoms with E-state index in [4.69, 9.17) is 5.73 Å². The van der Waals surface area contributed by atoms with Gasteiger partial charge in [0.2, 0.25) is 5.91 Å². The second kappa shape index (κ2) is 4.83. The smallest absolute Gasteiger partial charge is 0.223 e. The van der Waals surface area contributed by atoms with Gasteiger partial charge in [-0.25, -0.2) is 0 Å². The van der Waals surface area contributed by atoms with E-state index in [-0.39, 0.29) is 6.04 Å². The van der Waals surface area contributed by atoms with E-state index < -0.39 is 0 Å². The monoisotopic (exact) mass is 274 g/mol. The molecule has 1 saturated heterocycles. The van der Waals surface area contributed by atoms with E-state index in [2.05, 4.69) is 15.9 Å². The van der Waals surface area contributed by atoms with Crippen molar-refractivity contribution in [3.05, 3.63) is 0 Å². The highest BCUT2D eigenvalue weighted by molar-refractivity contribution is 9.09. The Morgan fingerprint density at radius 3 is 2.73 bits per heavy atom. The van der Waals surface area contributed by atoms with Crippen LogP contribution in [-0.2, 0) is 4.79 Å². The molecule has 86 valence electrons. The third-order valence-corrected chi connectivity index (χ3v) is 4.55. The van der Waals surface area contributed by atoms with Crippen molar-refractivity contribution >= 4 is 21.8 Å². The van der Waals surface area contributed by atoms with Crippen LogP contribution >= 0.6 is 15.9 Å². The lowest BCUT2D eigenvalue weighted by Gasteiger charge is -2.36. The van der Waals surface area contributed by atoms with Crippen LogP contribution in [-0.4, -0.2) is 34.8 Å². The van der Waals surface area contributed by atoms with Crippen LogP contribution in [0.2, 0.25) is 0 Å². The van der Waals surface area contributed by atoms with Gasteiger partial charge >= 0.3 is 0 Å². The number of carbonyl (C=O) groups is 1. The number of rotatable bonds is 2. The first-order valence-electron chi connectivity index (χ1n) is 5.83. The number of carbonyl (C=O) groups excluding carboxylic acids is 1. The summed E-state index contributed by atoms with van der Waals surface area (Å²) in [4.78, 5) is 13.9. The lowest BCUT2D eigenvalue weighted by atomic mass is 9.90. The Labute approximate surface area is 99.5 Å². The second-order valence-electron chi connectivity index (χ2n) is 4.79. The Balaban J connectivity index is 2.00. The van der Waals surface area contributed by atoms with Crippen LogP contribution in [0.25, 0.3) is 0 Å². The molecule has 0 aromatic rings. The van der Waals surface area contributed by atoms with E-state index in [1.807, 2.05) is 4.90 Å². The molecule has 0 bridgehead atoms. The first-order valence-corrected chi connectivity index (χ1v) is 6.95. The molecule has 0 spiro atoms. The van der Waals surface area contributed by atoms with Gasteiger partial charge < -0.3 is 10.6 Å². The highest BCUT2D eigenvalue weighted by Gasteiger charge is 2.37. The summed E-state index contributed by atoms with van der Waals surface area (Å²) in [6, 6.07) is 0.520. The lowest BCUT2D eigenvalue weighted by Crippen LogP contribution is -2.50. The summed E-state index contributed by atoms with van der Waals surface area (Å²) in [5.41, 5.74) is 6.10. The summed E-state index contributed by atoms with van der Waals surface area (Å²) < 4.78 is 0. The number of likely N-dealkylation sites (tertiary alicyclic amines) is 1. The predicted molar refractivity (Wildman–Crippen MR) is 63.8 cm³/mol. The molecular weight excluding hydrogens is 256 g/mol. The van der Waals surface area contributed by atoms with Crippen LogP contribution < -0.4 is 5.73 Å². The highest BCUT2D eigenvalue weighted by Crippen LogP contribution is 2.28. The quantitative estimate of drug-likeness (QED) is 0.776. The number of halogens is 1. The zero-order valence-electron chi connectivity index (χ0n) is 8.99. The summed E-state index contributed by atoms with van der Waals surface area (Å²) in [5, 5.41) is 0.928. The van der Waals surface area contributed by atoms with Crippen molar-refractivity contribution < 1.29 is 4.79 Å². The van der Waals surface area contributed by atoms with Gasteiger partial charge in [0.15, 0.2) is 0 Å². The largest absolute Gasteiger partial charge is 0.338 e. The van der Waals surface area contributed by atoms with Crippen LogP contribution in [0.15, 0.2) is 0 Å². The number of hydrogen-bond donors (Lipinski definition) is 1. The molecule has 1 aliphatic heterocycles. The fourth-order valence-corrected chi connectivity index (χ4v) is 3.19. The first-order chi connectivity index (χ1) is 7.22. The van der Waals surface area contributed by atoms with Gasteiger partial charge in [0.25, 0.3) is 0 Å². The van der Waals surface area contributed by atoms with Gasteiger partial charge in [-0.1, -0.05) is 28.8 Å². The summed E-state index contributed by atoms with van der Waals surface area (Å²) in [5.74, 6) is 0.799. The van der Waals surface area contributed by atoms with E-state index in [1.54, 1.807) is 0 Å². The van der Waals surface area contributed by atoms with Crippen molar-refractivity contribution in [2.75, 3.05) is 11.9 Å². The highest BCUT2D eigenvalue weighted by atomic mass is 79.9.